The predicted molar refractivity (Wildman–Crippen MR) is 58.4 cm³/mol. The van der Waals surface area contributed by atoms with Crippen LogP contribution in [0.2, 0.25) is 0 Å². The van der Waals surface area contributed by atoms with Crippen LogP contribution in [0.4, 0.5) is 0 Å². The van der Waals surface area contributed by atoms with E-state index in [1.54, 1.807) is 0 Å². The summed E-state index contributed by atoms with van der Waals surface area (Å²) in [5.41, 5.74) is 3.07. The summed E-state index contributed by atoms with van der Waals surface area (Å²) in [6, 6.07) is 0.296. The first kappa shape index (κ1) is 9.24. The van der Waals surface area contributed by atoms with Gasteiger partial charge >= 0.3 is 0 Å². The third-order valence-corrected chi connectivity index (χ3v) is 2.40. The molecule has 4 heteroatoms. The van der Waals surface area contributed by atoms with Crippen LogP contribution in [0.3, 0.4) is 0 Å². The van der Waals surface area contributed by atoms with E-state index >= 15 is 0 Å². The number of fused-ring (bicyclic) bond motifs is 1. The number of hydrazine groups is 1. The van der Waals surface area contributed by atoms with E-state index in [9.17, 15) is 0 Å². The Bertz CT molecular complexity index is 314. The van der Waals surface area contributed by atoms with Crippen LogP contribution in [0.5, 0.6) is 0 Å². The van der Waals surface area contributed by atoms with Crippen LogP contribution in [0, 0.1) is 0 Å². The van der Waals surface area contributed by atoms with Crippen LogP contribution in [-0.4, -0.2) is 35.3 Å². The molecule has 1 N–H and O–H groups in total. The van der Waals surface area contributed by atoms with Crippen molar-refractivity contribution < 1.29 is 0 Å². The highest BCUT2D eigenvalue weighted by molar-refractivity contribution is 5.81. The number of aliphatic imine (C=N–C) groups is 2. The van der Waals surface area contributed by atoms with Gasteiger partial charge in [-0.15, -0.1) is 0 Å². The molecule has 14 heavy (non-hydrogen) atoms. The standard InChI is InChI=1S/C10H16N4/c1-8-11-6-9-4-5-10(2,3)12-7-14(9)13-8/h4-5,7,9H,6H2,1-3H3,(H,11,13). The second-order valence-electron chi connectivity index (χ2n) is 4.27. The fraction of sp³-hybridized carbons (Fsp3) is 0.600. The smallest absolute Gasteiger partial charge is 0.112 e. The van der Waals surface area contributed by atoms with Gasteiger partial charge in [0, 0.05) is 0 Å². The Morgan fingerprint density at radius 2 is 2.36 bits per heavy atom. The Balaban J connectivity index is 2.24. The number of hydrogen-bond donors (Lipinski definition) is 1. The molecule has 76 valence electrons. The van der Waals surface area contributed by atoms with Crippen LogP contribution in [0.25, 0.3) is 0 Å². The third-order valence-electron chi connectivity index (χ3n) is 2.40. The molecule has 0 fully saturated rings. The SMILES string of the molecule is CC1=NCC2C=CC(C)(C)N=CN2N1. The van der Waals surface area contributed by atoms with Crippen molar-refractivity contribution in [3.05, 3.63) is 12.2 Å². The van der Waals surface area contributed by atoms with Gasteiger partial charge in [-0.1, -0.05) is 12.2 Å². The maximum atomic E-state index is 4.47. The molecule has 0 aromatic carbocycles. The highest BCUT2D eigenvalue weighted by atomic mass is 15.6. The molecule has 2 rings (SSSR count). The van der Waals surface area contributed by atoms with Gasteiger partial charge in [-0.3, -0.25) is 20.4 Å². The van der Waals surface area contributed by atoms with Gasteiger partial charge < -0.3 is 0 Å². The summed E-state index contributed by atoms with van der Waals surface area (Å²) >= 11 is 0. The lowest BCUT2D eigenvalue weighted by Gasteiger charge is -2.30. The molecule has 4 nitrogen and oxygen atoms in total. The first-order chi connectivity index (χ1) is 6.57. The normalized spacial score (nSPS) is 28.9. The molecule has 1 unspecified atom stereocenters. The molecule has 2 heterocycles. The summed E-state index contributed by atoms with van der Waals surface area (Å²) < 4.78 is 0. The highest BCUT2D eigenvalue weighted by Gasteiger charge is 2.22. The van der Waals surface area contributed by atoms with Crippen molar-refractivity contribution in [3.8, 4) is 0 Å². The van der Waals surface area contributed by atoms with Crippen molar-refractivity contribution >= 4 is 12.2 Å². The summed E-state index contributed by atoms with van der Waals surface area (Å²) in [7, 11) is 0. The first-order valence-corrected chi connectivity index (χ1v) is 4.88. The lowest BCUT2D eigenvalue weighted by molar-refractivity contribution is 0.318. The third kappa shape index (κ3) is 1.78. The van der Waals surface area contributed by atoms with Gasteiger partial charge in [-0.05, 0) is 20.8 Å². The van der Waals surface area contributed by atoms with Gasteiger partial charge in [0.25, 0.3) is 0 Å². The summed E-state index contributed by atoms with van der Waals surface area (Å²) in [5, 5.41) is 2.01. The molecule has 2 aliphatic heterocycles. The largest absolute Gasteiger partial charge is 0.284 e. The minimum absolute atomic E-state index is 0.104. The maximum absolute atomic E-state index is 4.47. The zero-order valence-corrected chi connectivity index (χ0v) is 8.86. The Morgan fingerprint density at radius 1 is 1.57 bits per heavy atom. The van der Waals surface area contributed by atoms with Crippen LogP contribution in [-0.2, 0) is 0 Å². The maximum Gasteiger partial charge on any atom is 0.112 e. The van der Waals surface area contributed by atoms with Crippen molar-refractivity contribution in [3.63, 3.8) is 0 Å². The van der Waals surface area contributed by atoms with Gasteiger partial charge in [-0.25, -0.2) is 0 Å². The van der Waals surface area contributed by atoms with E-state index in [0.29, 0.717) is 6.04 Å². The van der Waals surface area contributed by atoms with E-state index in [4.69, 9.17) is 0 Å². The number of hydrogen-bond acceptors (Lipinski definition) is 4. The average Bonchev–Trinajstić information content (AvgIpc) is 2.26. The van der Waals surface area contributed by atoms with Crippen molar-refractivity contribution in [1.82, 2.24) is 10.4 Å². The molecule has 0 aliphatic carbocycles. The highest BCUT2D eigenvalue weighted by Crippen LogP contribution is 2.16. The van der Waals surface area contributed by atoms with Crippen molar-refractivity contribution in [2.24, 2.45) is 9.98 Å². The summed E-state index contributed by atoms with van der Waals surface area (Å²) in [6.45, 7) is 6.94. The second kappa shape index (κ2) is 3.12. The quantitative estimate of drug-likeness (QED) is 0.581. The van der Waals surface area contributed by atoms with Gasteiger partial charge in [0.1, 0.15) is 12.2 Å². The fourth-order valence-corrected chi connectivity index (χ4v) is 1.49. The van der Waals surface area contributed by atoms with Crippen molar-refractivity contribution in [2.75, 3.05) is 6.54 Å². The van der Waals surface area contributed by atoms with Crippen LogP contribution < -0.4 is 5.43 Å². The molecule has 0 saturated carbocycles. The Labute approximate surface area is 84.4 Å². The number of amidine groups is 1. The average molecular weight is 192 g/mol. The molecule has 0 amide bonds. The van der Waals surface area contributed by atoms with E-state index in [0.717, 1.165) is 12.4 Å². The summed E-state index contributed by atoms with van der Waals surface area (Å²) in [4.78, 5) is 8.83. The van der Waals surface area contributed by atoms with E-state index in [1.807, 2.05) is 18.3 Å². The molecule has 2 aliphatic rings. The number of rotatable bonds is 0. The monoisotopic (exact) mass is 192 g/mol. The van der Waals surface area contributed by atoms with E-state index in [-0.39, 0.29) is 5.54 Å². The van der Waals surface area contributed by atoms with Crippen LogP contribution in [0.1, 0.15) is 20.8 Å². The van der Waals surface area contributed by atoms with Crippen molar-refractivity contribution in [2.45, 2.75) is 32.4 Å². The van der Waals surface area contributed by atoms with Crippen molar-refractivity contribution in [1.29, 1.82) is 0 Å². The fourth-order valence-electron chi connectivity index (χ4n) is 1.49. The lowest BCUT2D eigenvalue weighted by Crippen LogP contribution is -2.50. The summed E-state index contributed by atoms with van der Waals surface area (Å²) in [5.74, 6) is 0.945. The molecule has 0 saturated heterocycles. The molecular formula is C10H16N4. The van der Waals surface area contributed by atoms with Gasteiger partial charge in [0.2, 0.25) is 0 Å². The van der Waals surface area contributed by atoms with E-state index in [1.165, 1.54) is 0 Å². The minimum atomic E-state index is -0.104. The zero-order chi connectivity index (χ0) is 10.2. The van der Waals surface area contributed by atoms with Crippen LogP contribution >= 0.6 is 0 Å². The van der Waals surface area contributed by atoms with Gasteiger partial charge in [0.05, 0.1) is 18.1 Å². The molecule has 0 aromatic heterocycles. The molecule has 1 atom stereocenters. The van der Waals surface area contributed by atoms with Gasteiger partial charge in [0.15, 0.2) is 0 Å². The molecule has 0 aromatic rings. The molecular weight excluding hydrogens is 176 g/mol. The predicted octanol–water partition coefficient (Wildman–Crippen LogP) is 0.970. The zero-order valence-electron chi connectivity index (χ0n) is 8.86. The Morgan fingerprint density at radius 3 is 3.14 bits per heavy atom. The lowest BCUT2D eigenvalue weighted by atomic mass is 10.1. The molecule has 0 spiro atoms. The molecule has 0 radical (unpaired) electrons. The number of nitrogens with one attached hydrogen (secondary N) is 1. The first-order valence-electron chi connectivity index (χ1n) is 4.88. The Kier molecular flexibility index (Phi) is 2.06. The number of nitrogens with zero attached hydrogens (tertiary/aromatic N) is 3. The van der Waals surface area contributed by atoms with Gasteiger partial charge in [-0.2, -0.15) is 0 Å². The van der Waals surface area contributed by atoms with E-state index in [2.05, 4.69) is 41.4 Å². The van der Waals surface area contributed by atoms with Crippen LogP contribution in [0.15, 0.2) is 22.1 Å². The summed E-state index contributed by atoms with van der Waals surface area (Å²) in [6.07, 6.45) is 6.16. The second-order valence-corrected chi connectivity index (χ2v) is 4.27. The van der Waals surface area contributed by atoms with E-state index < -0.39 is 0 Å². The minimum Gasteiger partial charge on any atom is -0.284 e. The molecule has 0 bridgehead atoms. The topological polar surface area (TPSA) is 40.0 Å². The Hall–Kier alpha value is -1.32.